The van der Waals surface area contributed by atoms with Crippen LogP contribution in [0.5, 0.6) is 0 Å². The lowest BCUT2D eigenvalue weighted by Crippen LogP contribution is -2.52. The van der Waals surface area contributed by atoms with Gasteiger partial charge in [0.05, 0.1) is 0 Å². The number of carbonyl (C=O) groups is 3. The molecule has 1 saturated carbocycles. The highest BCUT2D eigenvalue weighted by Gasteiger charge is 2.49. The zero-order valence-corrected chi connectivity index (χ0v) is 16.7. The minimum atomic E-state index is -0.563. The van der Waals surface area contributed by atoms with E-state index in [1.807, 2.05) is 18.2 Å². The second-order valence-corrected chi connectivity index (χ2v) is 9.17. The van der Waals surface area contributed by atoms with Crippen LogP contribution in [-0.4, -0.2) is 53.2 Å². The smallest absolute Gasteiger partial charge is 0.255 e. The van der Waals surface area contributed by atoms with Gasteiger partial charge in [-0.25, -0.2) is 0 Å². The first kappa shape index (κ1) is 18.8. The fourth-order valence-corrected chi connectivity index (χ4v) is 5.85. The van der Waals surface area contributed by atoms with Gasteiger partial charge in [-0.05, 0) is 48.3 Å². The predicted octanol–water partition coefficient (Wildman–Crippen LogP) is 1.01. The number of piperidine rings is 1. The molecule has 3 fully saturated rings. The summed E-state index contributed by atoms with van der Waals surface area (Å²) in [6.45, 7) is 3.96. The molecule has 2 unspecified atom stereocenters. The van der Waals surface area contributed by atoms with Crippen molar-refractivity contribution in [3.05, 3.63) is 34.9 Å². The molecule has 2 atom stereocenters. The molecular formula is C22H28N4O3. The van der Waals surface area contributed by atoms with Crippen molar-refractivity contribution in [3.8, 4) is 0 Å². The molecule has 3 amide bonds. The molecule has 0 aromatic heterocycles. The Hall–Kier alpha value is -2.25. The lowest BCUT2D eigenvalue weighted by Gasteiger charge is -2.42. The average molecular weight is 396 g/mol. The summed E-state index contributed by atoms with van der Waals surface area (Å²) in [6.07, 6.45) is 4.50. The average Bonchev–Trinajstić information content (AvgIpc) is 3.21. The van der Waals surface area contributed by atoms with Crippen molar-refractivity contribution in [3.63, 3.8) is 0 Å². The summed E-state index contributed by atoms with van der Waals surface area (Å²) in [6, 6.07) is 5.45. The summed E-state index contributed by atoms with van der Waals surface area (Å²) < 4.78 is 0. The monoisotopic (exact) mass is 396 g/mol. The van der Waals surface area contributed by atoms with Gasteiger partial charge in [-0.15, -0.1) is 0 Å². The van der Waals surface area contributed by atoms with Crippen LogP contribution >= 0.6 is 0 Å². The highest BCUT2D eigenvalue weighted by Crippen LogP contribution is 2.51. The van der Waals surface area contributed by atoms with Gasteiger partial charge in [-0.2, -0.15) is 0 Å². The number of benzene rings is 1. The zero-order valence-electron chi connectivity index (χ0n) is 16.7. The van der Waals surface area contributed by atoms with Crippen LogP contribution in [0.3, 0.4) is 0 Å². The number of hydrogen-bond acceptors (Lipinski definition) is 5. The second kappa shape index (κ2) is 6.92. The Morgan fingerprint density at radius 3 is 2.69 bits per heavy atom. The van der Waals surface area contributed by atoms with Gasteiger partial charge in [0, 0.05) is 38.2 Å². The fraction of sp³-hybridized carbons (Fsp3) is 0.591. The van der Waals surface area contributed by atoms with E-state index >= 15 is 0 Å². The summed E-state index contributed by atoms with van der Waals surface area (Å²) >= 11 is 0. The van der Waals surface area contributed by atoms with Gasteiger partial charge in [0.1, 0.15) is 6.04 Å². The molecule has 7 nitrogen and oxygen atoms in total. The fourth-order valence-electron chi connectivity index (χ4n) is 5.85. The van der Waals surface area contributed by atoms with Crippen molar-refractivity contribution in [2.75, 3.05) is 19.6 Å². The van der Waals surface area contributed by atoms with Crippen LogP contribution < -0.4 is 11.1 Å². The minimum Gasteiger partial charge on any atom is -0.330 e. The molecule has 1 aromatic rings. The molecule has 1 aromatic carbocycles. The third kappa shape index (κ3) is 2.99. The molecule has 154 valence electrons. The first-order valence-corrected chi connectivity index (χ1v) is 10.7. The first-order chi connectivity index (χ1) is 14.0. The number of amides is 3. The zero-order chi connectivity index (χ0) is 20.2. The van der Waals surface area contributed by atoms with E-state index < -0.39 is 6.04 Å². The quantitative estimate of drug-likeness (QED) is 0.741. The van der Waals surface area contributed by atoms with E-state index in [1.165, 1.54) is 19.3 Å². The summed E-state index contributed by atoms with van der Waals surface area (Å²) in [7, 11) is 0. The molecule has 29 heavy (non-hydrogen) atoms. The Balaban J connectivity index is 1.35. The Kier molecular flexibility index (Phi) is 4.47. The van der Waals surface area contributed by atoms with Crippen LogP contribution in [0.1, 0.15) is 53.6 Å². The lowest BCUT2D eigenvalue weighted by molar-refractivity contribution is -0.136. The summed E-state index contributed by atoms with van der Waals surface area (Å²) in [5.41, 5.74) is 9.21. The van der Waals surface area contributed by atoms with Gasteiger partial charge in [0.15, 0.2) is 0 Å². The van der Waals surface area contributed by atoms with Gasteiger partial charge >= 0.3 is 0 Å². The lowest BCUT2D eigenvalue weighted by atomic mass is 9.63. The highest BCUT2D eigenvalue weighted by molar-refractivity contribution is 6.05. The topological polar surface area (TPSA) is 95.7 Å². The van der Waals surface area contributed by atoms with Crippen LogP contribution in [0.2, 0.25) is 0 Å². The molecule has 0 radical (unpaired) electrons. The molecule has 3 heterocycles. The number of nitrogens with zero attached hydrogens (tertiary/aromatic N) is 2. The molecule has 3 N–H and O–H groups in total. The van der Waals surface area contributed by atoms with E-state index in [0.29, 0.717) is 24.3 Å². The van der Waals surface area contributed by atoms with Crippen molar-refractivity contribution < 1.29 is 14.4 Å². The number of hydrogen-bond donors (Lipinski definition) is 2. The second-order valence-electron chi connectivity index (χ2n) is 9.17. The number of nitrogens with two attached hydrogens (primary N) is 1. The largest absolute Gasteiger partial charge is 0.330 e. The summed E-state index contributed by atoms with van der Waals surface area (Å²) in [5.74, 6) is -0.160. The number of rotatable bonds is 4. The van der Waals surface area contributed by atoms with Crippen molar-refractivity contribution in [1.82, 2.24) is 15.1 Å². The molecule has 5 rings (SSSR count). The Morgan fingerprint density at radius 1 is 1.21 bits per heavy atom. The van der Waals surface area contributed by atoms with E-state index in [2.05, 4.69) is 10.2 Å². The van der Waals surface area contributed by atoms with Crippen molar-refractivity contribution in [2.45, 2.75) is 51.2 Å². The molecular weight excluding hydrogens is 368 g/mol. The first-order valence-electron chi connectivity index (χ1n) is 10.7. The van der Waals surface area contributed by atoms with Crippen LogP contribution in [0.25, 0.3) is 0 Å². The maximum absolute atomic E-state index is 13.3. The maximum atomic E-state index is 13.3. The maximum Gasteiger partial charge on any atom is 0.255 e. The Labute approximate surface area is 170 Å². The van der Waals surface area contributed by atoms with E-state index in [-0.39, 0.29) is 24.1 Å². The molecule has 1 aliphatic carbocycles. The molecule has 0 bridgehead atoms. The minimum absolute atomic E-state index is 0.0852. The van der Waals surface area contributed by atoms with Crippen LogP contribution in [-0.2, 0) is 22.7 Å². The molecule has 1 spiro atoms. The van der Waals surface area contributed by atoms with Crippen LogP contribution in [0.15, 0.2) is 18.2 Å². The standard InChI is InChI=1S/C22H28N4O3/c23-9-16-12-25(13-22(16)7-2-8-22)10-14-3-1-4-15-11-26(21(29)19(14)15)17-5-6-18(27)24-20(17)28/h1,3-4,16-17H,2,5-13,23H2,(H,24,27,28). The van der Waals surface area contributed by atoms with Gasteiger partial charge in [0.2, 0.25) is 11.8 Å². The molecule has 4 aliphatic rings. The third-order valence-corrected chi connectivity index (χ3v) is 7.55. The van der Waals surface area contributed by atoms with Crippen molar-refractivity contribution in [2.24, 2.45) is 17.1 Å². The number of carbonyl (C=O) groups excluding carboxylic acids is 3. The summed E-state index contributed by atoms with van der Waals surface area (Å²) in [5, 5.41) is 2.37. The highest BCUT2D eigenvalue weighted by atomic mass is 16.2. The van der Waals surface area contributed by atoms with Gasteiger partial charge < -0.3 is 10.6 Å². The summed E-state index contributed by atoms with van der Waals surface area (Å²) in [4.78, 5) is 41.1. The van der Waals surface area contributed by atoms with Crippen molar-refractivity contribution >= 4 is 17.7 Å². The van der Waals surface area contributed by atoms with Gasteiger partial charge in [0.25, 0.3) is 5.91 Å². The normalized spacial score (nSPS) is 28.6. The van der Waals surface area contributed by atoms with E-state index in [9.17, 15) is 14.4 Å². The SMILES string of the molecule is NCC1CN(Cc2cccc3c2C(=O)N(C2CCC(=O)NC2=O)C3)CC12CCC2. The Bertz CT molecular complexity index is 879. The number of likely N-dealkylation sites (tertiary alicyclic amines) is 1. The van der Waals surface area contributed by atoms with Crippen LogP contribution in [0, 0.1) is 11.3 Å². The van der Waals surface area contributed by atoms with E-state index in [0.717, 1.165) is 42.9 Å². The molecule has 7 heteroatoms. The predicted molar refractivity (Wildman–Crippen MR) is 107 cm³/mol. The number of fused-ring (bicyclic) bond motifs is 1. The third-order valence-electron chi connectivity index (χ3n) is 7.55. The van der Waals surface area contributed by atoms with E-state index in [1.54, 1.807) is 4.90 Å². The number of nitrogens with one attached hydrogen (secondary N) is 1. The molecule has 3 aliphatic heterocycles. The van der Waals surface area contributed by atoms with Gasteiger partial charge in [-0.1, -0.05) is 24.6 Å². The Morgan fingerprint density at radius 2 is 2.03 bits per heavy atom. The number of imide groups is 1. The van der Waals surface area contributed by atoms with Crippen molar-refractivity contribution in [1.29, 1.82) is 0 Å². The van der Waals surface area contributed by atoms with Gasteiger partial charge in [-0.3, -0.25) is 24.6 Å². The van der Waals surface area contributed by atoms with Crippen LogP contribution in [0.4, 0.5) is 0 Å². The van der Waals surface area contributed by atoms with E-state index in [4.69, 9.17) is 5.73 Å². The molecule has 2 saturated heterocycles.